The Morgan fingerprint density at radius 1 is 1.43 bits per heavy atom. The molecule has 0 aromatic heterocycles. The zero-order valence-electron chi connectivity index (χ0n) is 13.1. The maximum absolute atomic E-state index is 6.39. The number of allylic oxidation sites excluding steroid dienone is 4. The van der Waals surface area contributed by atoms with Crippen LogP contribution in [0.25, 0.3) is 0 Å². The molecular weight excluding hydrogens is 280 g/mol. The molecule has 0 aromatic carbocycles. The van der Waals surface area contributed by atoms with Crippen LogP contribution in [0.2, 0.25) is 0 Å². The molecule has 3 atom stereocenters. The Bertz CT molecular complexity index is 625. The highest BCUT2D eigenvalue weighted by atomic mass is 35.5. The van der Waals surface area contributed by atoms with Gasteiger partial charge in [0.1, 0.15) is 0 Å². The van der Waals surface area contributed by atoms with E-state index >= 15 is 0 Å². The highest BCUT2D eigenvalue weighted by Gasteiger charge is 2.50. The summed E-state index contributed by atoms with van der Waals surface area (Å²) in [5, 5.41) is 0.871. The lowest BCUT2D eigenvalue weighted by atomic mass is 9.66. The second-order valence-electron chi connectivity index (χ2n) is 7.01. The van der Waals surface area contributed by atoms with E-state index in [0.717, 1.165) is 18.0 Å². The zero-order valence-corrected chi connectivity index (χ0v) is 13.9. The van der Waals surface area contributed by atoms with Crippen LogP contribution < -0.4 is 0 Å². The van der Waals surface area contributed by atoms with Gasteiger partial charge in [0.15, 0.2) is 0 Å². The van der Waals surface area contributed by atoms with E-state index in [1.54, 1.807) is 16.8 Å². The van der Waals surface area contributed by atoms with Crippen molar-refractivity contribution in [3.8, 4) is 0 Å². The fraction of sp³-hybridized carbons (Fsp3) is 0.611. The molecule has 3 unspecified atom stereocenters. The summed E-state index contributed by atoms with van der Waals surface area (Å²) < 4.78 is 0. The fourth-order valence-electron chi connectivity index (χ4n) is 4.93. The molecule has 0 saturated carbocycles. The third kappa shape index (κ3) is 1.69. The van der Waals surface area contributed by atoms with Crippen molar-refractivity contribution in [3.05, 3.63) is 33.5 Å². The summed E-state index contributed by atoms with van der Waals surface area (Å²) in [6.45, 7) is 8.84. The predicted molar refractivity (Wildman–Crippen MR) is 88.6 cm³/mol. The first-order valence-electron chi connectivity index (χ1n) is 8.16. The van der Waals surface area contributed by atoms with Crippen molar-refractivity contribution in [3.63, 3.8) is 0 Å². The van der Waals surface area contributed by atoms with Gasteiger partial charge in [0.25, 0.3) is 0 Å². The van der Waals surface area contributed by atoms with E-state index in [1.165, 1.54) is 18.4 Å². The molecule has 2 heterocycles. The summed E-state index contributed by atoms with van der Waals surface area (Å²) in [5.41, 5.74) is 6.27. The smallest absolute Gasteiger partial charge is 0.0743 e. The Labute approximate surface area is 132 Å². The number of halogens is 1. The van der Waals surface area contributed by atoms with Gasteiger partial charge in [-0.1, -0.05) is 31.0 Å². The van der Waals surface area contributed by atoms with Crippen LogP contribution in [0.3, 0.4) is 0 Å². The lowest BCUT2D eigenvalue weighted by molar-refractivity contribution is 0.156. The summed E-state index contributed by atoms with van der Waals surface area (Å²) in [6, 6.07) is 0.620. The lowest BCUT2D eigenvalue weighted by Gasteiger charge is -2.46. The molecule has 2 nitrogen and oxygen atoms in total. The van der Waals surface area contributed by atoms with E-state index in [4.69, 9.17) is 11.6 Å². The number of hydrogen-bond acceptors (Lipinski definition) is 2. The Balaban J connectivity index is 2.02. The molecule has 4 aliphatic rings. The highest BCUT2D eigenvalue weighted by molar-refractivity contribution is 6.30. The molecule has 5 bridgehead atoms. The Morgan fingerprint density at radius 3 is 3.00 bits per heavy atom. The Kier molecular flexibility index (Phi) is 2.91. The average Bonchev–Trinajstić information content (AvgIpc) is 2.81. The van der Waals surface area contributed by atoms with Gasteiger partial charge in [0.2, 0.25) is 0 Å². The third-order valence-corrected chi connectivity index (χ3v) is 6.42. The number of hydrogen-bond donors (Lipinski definition) is 0. The first-order valence-corrected chi connectivity index (χ1v) is 8.53. The van der Waals surface area contributed by atoms with Crippen molar-refractivity contribution < 1.29 is 0 Å². The number of aliphatic imine (C=N–C) groups is 1. The Morgan fingerprint density at radius 2 is 2.24 bits per heavy atom. The molecule has 3 heteroatoms. The third-order valence-electron chi connectivity index (χ3n) is 6.19. The van der Waals surface area contributed by atoms with E-state index in [2.05, 4.69) is 43.0 Å². The van der Waals surface area contributed by atoms with Crippen LogP contribution in [0.5, 0.6) is 0 Å². The Hall–Kier alpha value is -1.02. The van der Waals surface area contributed by atoms with Gasteiger partial charge in [-0.2, -0.15) is 0 Å². The minimum absolute atomic E-state index is 0.0786. The monoisotopic (exact) mass is 302 g/mol. The van der Waals surface area contributed by atoms with Gasteiger partial charge >= 0.3 is 0 Å². The first-order chi connectivity index (χ1) is 10.1. The number of fused-ring (bicyclic) bond motifs is 1. The van der Waals surface area contributed by atoms with Crippen LogP contribution in [-0.2, 0) is 0 Å². The number of likely N-dealkylation sites (tertiary alicyclic amines) is 1. The fourth-order valence-corrected chi connectivity index (χ4v) is 5.11. The molecule has 2 aliphatic carbocycles. The first kappa shape index (κ1) is 13.6. The molecule has 2 aliphatic heterocycles. The maximum Gasteiger partial charge on any atom is 0.0743 e. The van der Waals surface area contributed by atoms with E-state index in [-0.39, 0.29) is 5.41 Å². The van der Waals surface area contributed by atoms with Gasteiger partial charge in [-0.05, 0) is 49.3 Å². The molecular formula is C18H23ClN2. The molecule has 0 spiro atoms. The van der Waals surface area contributed by atoms with Crippen molar-refractivity contribution in [2.24, 2.45) is 16.3 Å². The quantitative estimate of drug-likeness (QED) is 0.705. The highest BCUT2D eigenvalue weighted by Crippen LogP contribution is 2.56. The van der Waals surface area contributed by atoms with E-state index in [9.17, 15) is 0 Å². The zero-order chi connectivity index (χ0) is 14.8. The minimum Gasteiger partial charge on any atom is -0.371 e. The van der Waals surface area contributed by atoms with Crippen molar-refractivity contribution in [1.29, 1.82) is 0 Å². The van der Waals surface area contributed by atoms with Gasteiger partial charge in [-0.25, -0.2) is 0 Å². The van der Waals surface area contributed by atoms with E-state index < -0.39 is 0 Å². The number of nitrogens with zero attached hydrogens (tertiary/aromatic N) is 2. The van der Waals surface area contributed by atoms with Gasteiger partial charge in [0.05, 0.1) is 6.54 Å². The molecule has 112 valence electrons. The van der Waals surface area contributed by atoms with Crippen LogP contribution in [-0.4, -0.2) is 30.2 Å². The molecule has 0 aromatic rings. The predicted octanol–water partition coefficient (Wildman–Crippen LogP) is 4.29. The average molecular weight is 303 g/mol. The molecule has 0 saturated heterocycles. The summed E-state index contributed by atoms with van der Waals surface area (Å²) in [5.74, 6) is 0.590. The van der Waals surface area contributed by atoms with E-state index in [0.29, 0.717) is 18.5 Å². The SMILES string of the molecule is CCN1C2=C3CC1C(C)C1(C)/C=N\C/C(Cl)=C\C3=C1CC2. The topological polar surface area (TPSA) is 15.6 Å². The molecule has 4 rings (SSSR count). The van der Waals surface area contributed by atoms with Crippen molar-refractivity contribution in [2.75, 3.05) is 13.1 Å². The van der Waals surface area contributed by atoms with Crippen LogP contribution in [0.1, 0.15) is 40.0 Å². The van der Waals surface area contributed by atoms with Gasteiger partial charge < -0.3 is 4.90 Å². The van der Waals surface area contributed by atoms with Gasteiger partial charge in [-0.15, -0.1) is 0 Å². The molecule has 0 fully saturated rings. The molecule has 0 radical (unpaired) electrons. The lowest BCUT2D eigenvalue weighted by Crippen LogP contribution is -2.46. The summed E-state index contributed by atoms with van der Waals surface area (Å²) in [7, 11) is 0. The van der Waals surface area contributed by atoms with Crippen LogP contribution in [0.15, 0.2) is 38.5 Å². The molecule has 0 N–H and O–H groups in total. The van der Waals surface area contributed by atoms with Crippen LogP contribution in [0.4, 0.5) is 0 Å². The number of rotatable bonds is 1. The standard InChI is InChI=1S/C18H23ClN2/c1-4-21-16-6-5-15-13-7-12(19)9-20-10-18(15,3)11(2)17(21)8-14(13)16/h7,10-11,17H,4-6,8-9H2,1-3H3/b12-7+,20-10-. The largest absolute Gasteiger partial charge is 0.371 e. The van der Waals surface area contributed by atoms with Crippen LogP contribution >= 0.6 is 11.6 Å². The van der Waals surface area contributed by atoms with Crippen molar-refractivity contribution >= 4 is 17.8 Å². The normalized spacial score (nSPS) is 41.7. The second-order valence-corrected chi connectivity index (χ2v) is 7.49. The van der Waals surface area contributed by atoms with Gasteiger partial charge in [-0.3, -0.25) is 4.99 Å². The summed E-state index contributed by atoms with van der Waals surface area (Å²) >= 11 is 6.39. The van der Waals surface area contributed by atoms with Crippen molar-refractivity contribution in [1.82, 2.24) is 4.90 Å². The summed E-state index contributed by atoms with van der Waals surface area (Å²) in [6.07, 6.45) is 7.97. The molecule has 21 heavy (non-hydrogen) atoms. The van der Waals surface area contributed by atoms with Crippen molar-refractivity contribution in [2.45, 2.75) is 46.1 Å². The van der Waals surface area contributed by atoms with E-state index in [1.807, 2.05) is 0 Å². The second kappa shape index (κ2) is 4.49. The maximum atomic E-state index is 6.39. The van der Waals surface area contributed by atoms with Crippen LogP contribution in [0, 0.1) is 11.3 Å². The van der Waals surface area contributed by atoms with Gasteiger partial charge in [0, 0.05) is 34.9 Å². The minimum atomic E-state index is 0.0786. The summed E-state index contributed by atoms with van der Waals surface area (Å²) in [4.78, 5) is 7.31. The molecule has 0 amide bonds.